The Kier molecular flexibility index (Phi) is 5.66. The van der Waals surface area contributed by atoms with Crippen LogP contribution < -0.4 is 14.8 Å². The van der Waals surface area contributed by atoms with E-state index >= 15 is 0 Å². The Labute approximate surface area is 111 Å². The number of hydrogen-bond donors (Lipinski definition) is 2. The maximum absolute atomic E-state index is 11.4. The Morgan fingerprint density at radius 1 is 1.26 bits per heavy atom. The number of carboxylic acid groups (broad SMARTS) is 1. The number of benzene rings is 1. The first kappa shape index (κ1) is 14.8. The molecule has 2 N–H and O–H groups in total. The Bertz CT molecular complexity index is 429. The van der Waals surface area contributed by atoms with Crippen molar-refractivity contribution in [2.75, 3.05) is 13.7 Å². The van der Waals surface area contributed by atoms with Gasteiger partial charge in [-0.2, -0.15) is 0 Å². The minimum absolute atomic E-state index is 0.101. The van der Waals surface area contributed by atoms with Crippen molar-refractivity contribution in [3.05, 3.63) is 24.3 Å². The topological polar surface area (TPSA) is 84.9 Å². The molecule has 0 saturated carbocycles. The lowest BCUT2D eigenvalue weighted by atomic mass is 10.3. The highest BCUT2D eigenvalue weighted by atomic mass is 16.5. The van der Waals surface area contributed by atoms with Crippen molar-refractivity contribution < 1.29 is 24.2 Å². The summed E-state index contributed by atoms with van der Waals surface area (Å²) in [5.41, 5.74) is 0. The van der Waals surface area contributed by atoms with Crippen LogP contribution in [0.25, 0.3) is 0 Å². The summed E-state index contributed by atoms with van der Waals surface area (Å²) in [6, 6.07) is 6.07. The van der Waals surface area contributed by atoms with Crippen LogP contribution in [0.5, 0.6) is 11.5 Å². The van der Waals surface area contributed by atoms with Gasteiger partial charge in [-0.25, -0.2) is 0 Å². The van der Waals surface area contributed by atoms with Gasteiger partial charge in [0.05, 0.1) is 20.1 Å². The molecule has 0 aromatic heterocycles. The lowest BCUT2D eigenvalue weighted by molar-refractivity contribution is -0.141. The largest absolute Gasteiger partial charge is 0.497 e. The highest BCUT2D eigenvalue weighted by molar-refractivity contribution is 5.83. The van der Waals surface area contributed by atoms with Crippen molar-refractivity contribution in [1.29, 1.82) is 0 Å². The molecular weight excluding hydrogens is 250 g/mol. The third-order valence-electron chi connectivity index (χ3n) is 2.41. The van der Waals surface area contributed by atoms with Crippen LogP contribution >= 0.6 is 0 Å². The molecule has 1 aromatic rings. The Balaban J connectivity index is 2.29. The van der Waals surface area contributed by atoms with E-state index in [1.165, 1.54) is 6.92 Å². The second kappa shape index (κ2) is 7.25. The van der Waals surface area contributed by atoms with Gasteiger partial charge < -0.3 is 19.9 Å². The van der Waals surface area contributed by atoms with E-state index in [2.05, 4.69) is 5.32 Å². The standard InChI is InChI=1S/C13H17NO5/c1-9(13(16)17)14-12(15)7-8-19-11-5-3-10(18-2)4-6-11/h3-6,9H,7-8H2,1-2H3,(H,14,15)(H,16,17)/t9-/m1/s1. The van der Waals surface area contributed by atoms with Gasteiger partial charge in [-0.05, 0) is 31.2 Å². The second-order valence-corrected chi connectivity index (χ2v) is 3.90. The maximum atomic E-state index is 11.4. The number of hydrogen-bond acceptors (Lipinski definition) is 4. The van der Waals surface area contributed by atoms with Crippen molar-refractivity contribution in [2.45, 2.75) is 19.4 Å². The van der Waals surface area contributed by atoms with Crippen molar-refractivity contribution in [3.63, 3.8) is 0 Å². The van der Waals surface area contributed by atoms with E-state index in [0.717, 1.165) is 5.75 Å². The Hall–Kier alpha value is -2.24. The number of nitrogens with one attached hydrogen (secondary N) is 1. The van der Waals surface area contributed by atoms with Crippen LogP contribution in [0, 0.1) is 0 Å². The summed E-state index contributed by atoms with van der Waals surface area (Å²) in [4.78, 5) is 21.9. The van der Waals surface area contributed by atoms with Crippen LogP contribution in [-0.2, 0) is 9.59 Å². The molecule has 0 aliphatic rings. The average Bonchev–Trinajstić information content (AvgIpc) is 2.39. The molecule has 0 heterocycles. The monoisotopic (exact) mass is 267 g/mol. The van der Waals surface area contributed by atoms with Gasteiger partial charge in [0.25, 0.3) is 0 Å². The number of carbonyl (C=O) groups is 2. The Morgan fingerprint density at radius 3 is 2.37 bits per heavy atom. The minimum Gasteiger partial charge on any atom is -0.497 e. The number of aliphatic carboxylic acids is 1. The molecule has 0 saturated heterocycles. The van der Waals surface area contributed by atoms with Crippen LogP contribution in [0.2, 0.25) is 0 Å². The number of ether oxygens (including phenoxy) is 2. The van der Waals surface area contributed by atoms with Crippen molar-refractivity contribution in [2.24, 2.45) is 0 Å². The van der Waals surface area contributed by atoms with Gasteiger partial charge in [-0.15, -0.1) is 0 Å². The molecule has 0 aliphatic heterocycles. The third-order valence-corrected chi connectivity index (χ3v) is 2.41. The van der Waals surface area contributed by atoms with E-state index < -0.39 is 12.0 Å². The molecule has 19 heavy (non-hydrogen) atoms. The van der Waals surface area contributed by atoms with Gasteiger partial charge >= 0.3 is 5.97 Å². The van der Waals surface area contributed by atoms with E-state index in [0.29, 0.717) is 5.75 Å². The summed E-state index contributed by atoms with van der Waals surface area (Å²) in [6.45, 7) is 1.59. The average molecular weight is 267 g/mol. The van der Waals surface area contributed by atoms with E-state index in [4.69, 9.17) is 14.6 Å². The minimum atomic E-state index is -1.07. The molecule has 1 amide bonds. The number of rotatable bonds is 7. The van der Waals surface area contributed by atoms with Gasteiger partial charge in [-0.3, -0.25) is 9.59 Å². The molecule has 0 aliphatic carbocycles. The SMILES string of the molecule is COc1ccc(OCCC(=O)N[C@H](C)C(=O)O)cc1. The Morgan fingerprint density at radius 2 is 1.84 bits per heavy atom. The fourth-order valence-electron chi connectivity index (χ4n) is 1.31. The van der Waals surface area contributed by atoms with Gasteiger partial charge in [0.15, 0.2) is 0 Å². The number of methoxy groups -OCH3 is 1. The molecular formula is C13H17NO5. The molecule has 6 nitrogen and oxygen atoms in total. The number of amides is 1. The van der Waals surface area contributed by atoms with Crippen molar-refractivity contribution in [1.82, 2.24) is 5.32 Å². The molecule has 0 bridgehead atoms. The summed E-state index contributed by atoms with van der Waals surface area (Å²) >= 11 is 0. The van der Waals surface area contributed by atoms with Crippen LogP contribution in [0.15, 0.2) is 24.3 Å². The van der Waals surface area contributed by atoms with Crippen LogP contribution in [0.1, 0.15) is 13.3 Å². The van der Waals surface area contributed by atoms with Crippen LogP contribution in [0.3, 0.4) is 0 Å². The highest BCUT2D eigenvalue weighted by Gasteiger charge is 2.13. The third kappa shape index (κ3) is 5.29. The van der Waals surface area contributed by atoms with Gasteiger partial charge in [0, 0.05) is 0 Å². The first-order valence-corrected chi connectivity index (χ1v) is 5.82. The van der Waals surface area contributed by atoms with E-state index in [-0.39, 0.29) is 18.9 Å². The predicted octanol–water partition coefficient (Wildman–Crippen LogP) is 1.05. The molecule has 1 aromatic carbocycles. The molecule has 104 valence electrons. The summed E-state index contributed by atoms with van der Waals surface area (Å²) in [7, 11) is 1.57. The smallest absolute Gasteiger partial charge is 0.325 e. The first-order chi connectivity index (χ1) is 9.02. The molecule has 1 rings (SSSR count). The summed E-state index contributed by atoms with van der Waals surface area (Å²) in [6.07, 6.45) is 0.101. The van der Waals surface area contributed by atoms with Crippen LogP contribution in [-0.4, -0.2) is 36.7 Å². The maximum Gasteiger partial charge on any atom is 0.325 e. The molecule has 0 fully saturated rings. The van der Waals surface area contributed by atoms with Gasteiger partial charge in [-0.1, -0.05) is 0 Å². The normalized spacial score (nSPS) is 11.5. The van der Waals surface area contributed by atoms with E-state index in [1.54, 1.807) is 31.4 Å². The quantitative estimate of drug-likeness (QED) is 0.771. The lowest BCUT2D eigenvalue weighted by Crippen LogP contribution is -2.38. The molecule has 0 radical (unpaired) electrons. The lowest BCUT2D eigenvalue weighted by Gasteiger charge is -2.10. The van der Waals surface area contributed by atoms with Gasteiger partial charge in [0.1, 0.15) is 17.5 Å². The zero-order valence-corrected chi connectivity index (χ0v) is 10.9. The summed E-state index contributed by atoms with van der Waals surface area (Å²) < 4.78 is 10.4. The summed E-state index contributed by atoms with van der Waals surface area (Å²) in [5.74, 6) is -0.0758. The van der Waals surface area contributed by atoms with Crippen molar-refractivity contribution >= 4 is 11.9 Å². The zero-order valence-electron chi connectivity index (χ0n) is 10.9. The fraction of sp³-hybridized carbons (Fsp3) is 0.385. The van der Waals surface area contributed by atoms with Crippen molar-refractivity contribution in [3.8, 4) is 11.5 Å². The summed E-state index contributed by atoms with van der Waals surface area (Å²) in [5, 5.41) is 11.0. The van der Waals surface area contributed by atoms with E-state index in [1.807, 2.05) is 0 Å². The molecule has 1 atom stereocenters. The second-order valence-electron chi connectivity index (χ2n) is 3.90. The fourth-order valence-corrected chi connectivity index (χ4v) is 1.31. The highest BCUT2D eigenvalue weighted by Crippen LogP contribution is 2.16. The number of carbonyl (C=O) groups excluding carboxylic acids is 1. The van der Waals surface area contributed by atoms with Crippen LogP contribution in [0.4, 0.5) is 0 Å². The predicted molar refractivity (Wildman–Crippen MR) is 68.3 cm³/mol. The van der Waals surface area contributed by atoms with Gasteiger partial charge in [0.2, 0.25) is 5.91 Å². The first-order valence-electron chi connectivity index (χ1n) is 5.82. The number of carboxylic acids is 1. The molecule has 6 heteroatoms. The molecule has 0 unspecified atom stereocenters. The zero-order chi connectivity index (χ0) is 14.3. The van der Waals surface area contributed by atoms with E-state index in [9.17, 15) is 9.59 Å². The molecule has 0 spiro atoms.